The first-order valence-corrected chi connectivity index (χ1v) is 8.27. The maximum Gasteiger partial charge on any atom is 0.389 e. The Morgan fingerprint density at radius 1 is 1.38 bits per heavy atom. The van der Waals surface area contributed by atoms with Crippen LogP contribution in [0.25, 0.3) is 0 Å². The van der Waals surface area contributed by atoms with Gasteiger partial charge in [-0.05, 0) is 25.1 Å². The van der Waals surface area contributed by atoms with Crippen LogP contribution in [0.4, 0.5) is 24.5 Å². The zero-order chi connectivity index (χ0) is 19.3. The van der Waals surface area contributed by atoms with E-state index in [2.05, 4.69) is 15.5 Å². The zero-order valence-corrected chi connectivity index (χ0v) is 14.7. The fraction of sp³-hybridized carbons (Fsp3) is 0.529. The third-order valence-corrected chi connectivity index (χ3v) is 4.05. The first kappa shape index (κ1) is 20.0. The van der Waals surface area contributed by atoms with Gasteiger partial charge in [0.25, 0.3) is 0 Å². The molecule has 1 aromatic rings. The highest BCUT2D eigenvalue weighted by molar-refractivity contribution is 6.02. The van der Waals surface area contributed by atoms with Gasteiger partial charge >= 0.3 is 12.1 Å². The average Bonchev–Trinajstić information content (AvgIpc) is 2.59. The number of hydrogen-bond acceptors (Lipinski definition) is 5. The highest BCUT2D eigenvalue weighted by Gasteiger charge is 2.28. The molecule has 0 bridgehead atoms. The second-order valence-corrected chi connectivity index (χ2v) is 6.19. The van der Waals surface area contributed by atoms with E-state index in [1.165, 1.54) is 13.2 Å². The second-order valence-electron chi connectivity index (χ2n) is 6.19. The predicted octanol–water partition coefficient (Wildman–Crippen LogP) is 2.55. The van der Waals surface area contributed by atoms with Crippen LogP contribution in [0, 0.1) is 0 Å². The summed E-state index contributed by atoms with van der Waals surface area (Å²) in [5.74, 6) is -1.47. The number of hydrogen-bond donors (Lipinski definition) is 2. The van der Waals surface area contributed by atoms with Crippen LogP contribution < -0.4 is 15.5 Å². The van der Waals surface area contributed by atoms with Gasteiger partial charge in [0.1, 0.15) is 0 Å². The fourth-order valence-corrected chi connectivity index (χ4v) is 2.75. The van der Waals surface area contributed by atoms with Crippen LogP contribution in [-0.4, -0.2) is 50.8 Å². The summed E-state index contributed by atoms with van der Waals surface area (Å²) >= 11 is 0. The Hall–Kier alpha value is -2.29. The Labute approximate surface area is 149 Å². The average molecular weight is 373 g/mol. The lowest BCUT2D eigenvalue weighted by atomic mass is 10.1. The molecule has 9 heteroatoms. The van der Waals surface area contributed by atoms with Gasteiger partial charge in [0.2, 0.25) is 5.91 Å². The number of piperazine rings is 1. The molecule has 1 aromatic carbocycles. The number of esters is 1. The Morgan fingerprint density at radius 2 is 2.12 bits per heavy atom. The normalized spacial score (nSPS) is 17.7. The van der Waals surface area contributed by atoms with Gasteiger partial charge in [0, 0.05) is 37.8 Å². The topological polar surface area (TPSA) is 70.7 Å². The number of halogens is 3. The van der Waals surface area contributed by atoms with Gasteiger partial charge in [-0.1, -0.05) is 0 Å². The summed E-state index contributed by atoms with van der Waals surface area (Å²) < 4.78 is 41.5. The molecule has 0 saturated carbocycles. The van der Waals surface area contributed by atoms with E-state index in [4.69, 9.17) is 4.74 Å². The van der Waals surface area contributed by atoms with E-state index in [1.807, 2.05) is 6.92 Å². The predicted molar refractivity (Wildman–Crippen MR) is 91.4 cm³/mol. The number of rotatable bonds is 5. The largest absolute Gasteiger partial charge is 0.465 e. The van der Waals surface area contributed by atoms with Crippen molar-refractivity contribution in [1.82, 2.24) is 5.32 Å². The summed E-state index contributed by atoms with van der Waals surface area (Å²) in [4.78, 5) is 25.9. The van der Waals surface area contributed by atoms with Crippen LogP contribution in [0.15, 0.2) is 18.2 Å². The molecule has 6 nitrogen and oxygen atoms in total. The van der Waals surface area contributed by atoms with Gasteiger partial charge < -0.3 is 20.3 Å². The molecule has 1 atom stereocenters. The monoisotopic (exact) mass is 373 g/mol. The van der Waals surface area contributed by atoms with E-state index < -0.39 is 30.9 Å². The molecule has 2 rings (SSSR count). The minimum absolute atomic E-state index is 0.108. The molecule has 2 N–H and O–H groups in total. The second kappa shape index (κ2) is 8.39. The summed E-state index contributed by atoms with van der Waals surface area (Å²) in [7, 11) is 1.21. The van der Waals surface area contributed by atoms with Crippen molar-refractivity contribution in [3.05, 3.63) is 23.8 Å². The molecule has 0 aliphatic carbocycles. The van der Waals surface area contributed by atoms with Crippen LogP contribution in [-0.2, 0) is 9.53 Å². The van der Waals surface area contributed by atoms with Crippen molar-refractivity contribution in [2.45, 2.75) is 32.0 Å². The van der Waals surface area contributed by atoms with Gasteiger partial charge in [-0.25, -0.2) is 4.79 Å². The minimum Gasteiger partial charge on any atom is -0.465 e. The van der Waals surface area contributed by atoms with Crippen molar-refractivity contribution in [3.8, 4) is 0 Å². The quantitative estimate of drug-likeness (QED) is 0.777. The van der Waals surface area contributed by atoms with E-state index in [0.717, 1.165) is 25.3 Å². The number of benzene rings is 1. The van der Waals surface area contributed by atoms with Gasteiger partial charge in [-0.3, -0.25) is 4.79 Å². The summed E-state index contributed by atoms with van der Waals surface area (Å²) in [6, 6.07) is 5.11. The Morgan fingerprint density at radius 3 is 2.73 bits per heavy atom. The molecule has 0 unspecified atom stereocenters. The van der Waals surface area contributed by atoms with Crippen LogP contribution in [0.3, 0.4) is 0 Å². The lowest BCUT2D eigenvalue weighted by Crippen LogP contribution is -2.49. The lowest BCUT2D eigenvalue weighted by Gasteiger charge is -2.34. The van der Waals surface area contributed by atoms with Gasteiger partial charge in [-0.15, -0.1) is 0 Å². The highest BCUT2D eigenvalue weighted by atomic mass is 19.4. The molecular formula is C17H22F3N3O3. The van der Waals surface area contributed by atoms with Crippen LogP contribution >= 0.6 is 0 Å². The number of alkyl halides is 3. The van der Waals surface area contributed by atoms with Crippen molar-refractivity contribution in [3.63, 3.8) is 0 Å². The third-order valence-electron chi connectivity index (χ3n) is 4.05. The summed E-state index contributed by atoms with van der Waals surface area (Å²) in [5, 5.41) is 5.68. The molecule has 1 saturated heterocycles. The van der Waals surface area contributed by atoms with Crippen molar-refractivity contribution < 1.29 is 27.5 Å². The van der Waals surface area contributed by atoms with E-state index >= 15 is 0 Å². The number of amides is 1. The lowest BCUT2D eigenvalue weighted by molar-refractivity contribution is -0.142. The number of nitrogens with one attached hydrogen (secondary N) is 2. The molecule has 1 aliphatic heterocycles. The van der Waals surface area contributed by atoms with Crippen LogP contribution in [0.5, 0.6) is 0 Å². The molecule has 1 fully saturated rings. The van der Waals surface area contributed by atoms with Gasteiger partial charge in [0.05, 0.1) is 24.8 Å². The van der Waals surface area contributed by atoms with E-state index in [1.54, 1.807) is 12.1 Å². The first-order valence-electron chi connectivity index (χ1n) is 8.27. The van der Waals surface area contributed by atoms with E-state index in [-0.39, 0.29) is 17.3 Å². The zero-order valence-electron chi connectivity index (χ0n) is 14.7. The fourth-order valence-electron chi connectivity index (χ4n) is 2.75. The van der Waals surface area contributed by atoms with Crippen molar-refractivity contribution >= 4 is 23.3 Å². The number of carbonyl (C=O) groups excluding carboxylic acids is 2. The molecule has 0 aromatic heterocycles. The van der Waals surface area contributed by atoms with Crippen molar-refractivity contribution in [2.75, 3.05) is 37.0 Å². The molecule has 1 amide bonds. The van der Waals surface area contributed by atoms with Crippen molar-refractivity contribution in [1.29, 1.82) is 0 Å². The molecule has 26 heavy (non-hydrogen) atoms. The molecular weight excluding hydrogens is 351 g/mol. The van der Waals surface area contributed by atoms with Gasteiger partial charge in [-0.2, -0.15) is 13.2 Å². The molecule has 0 spiro atoms. The third kappa shape index (κ3) is 5.62. The molecule has 0 radical (unpaired) electrons. The van der Waals surface area contributed by atoms with Gasteiger partial charge in [0.15, 0.2) is 0 Å². The maximum absolute atomic E-state index is 12.2. The number of methoxy groups -OCH3 is 1. The summed E-state index contributed by atoms with van der Waals surface area (Å²) in [6.45, 7) is 4.34. The van der Waals surface area contributed by atoms with Crippen LogP contribution in [0.1, 0.15) is 30.1 Å². The standard InChI is InChI=1S/C17H22F3N3O3/c1-11-10-23(8-7-21-11)12-3-4-14(13(9-12)16(25)26-2)22-15(24)5-6-17(18,19)20/h3-4,9,11,21H,5-8,10H2,1-2H3,(H,22,24)/t11-/m0/s1. The number of ether oxygens (including phenoxy) is 1. The first-order chi connectivity index (χ1) is 12.2. The maximum atomic E-state index is 12.2. The molecule has 1 aliphatic rings. The van der Waals surface area contributed by atoms with E-state index in [9.17, 15) is 22.8 Å². The highest BCUT2D eigenvalue weighted by Crippen LogP contribution is 2.26. The molecule has 144 valence electrons. The van der Waals surface area contributed by atoms with E-state index in [0.29, 0.717) is 0 Å². The number of carbonyl (C=O) groups is 2. The van der Waals surface area contributed by atoms with Crippen molar-refractivity contribution in [2.24, 2.45) is 0 Å². The minimum atomic E-state index is -4.41. The SMILES string of the molecule is COC(=O)c1cc(N2CCN[C@@H](C)C2)ccc1NC(=O)CCC(F)(F)F. The summed E-state index contributed by atoms with van der Waals surface area (Å²) in [6.07, 6.45) is -6.34. The number of nitrogens with zero attached hydrogens (tertiary/aromatic N) is 1. The smallest absolute Gasteiger partial charge is 0.389 e. The Kier molecular flexibility index (Phi) is 6.47. The molecule has 1 heterocycles. The van der Waals surface area contributed by atoms with Crippen LogP contribution in [0.2, 0.25) is 0 Å². The Bertz CT molecular complexity index is 664. The Balaban J connectivity index is 2.18. The summed E-state index contributed by atoms with van der Waals surface area (Å²) in [5.41, 5.74) is 1.03. The number of anilines is 2.